The van der Waals surface area contributed by atoms with Crippen molar-refractivity contribution in [3.8, 4) is 11.5 Å². The van der Waals surface area contributed by atoms with Gasteiger partial charge in [0.15, 0.2) is 5.75 Å². The van der Waals surface area contributed by atoms with Crippen molar-refractivity contribution >= 4 is 26.6 Å². The fraction of sp³-hybridized carbons (Fsp3) is 0.211. The fourth-order valence-corrected chi connectivity index (χ4v) is 3.71. The van der Waals surface area contributed by atoms with E-state index in [2.05, 4.69) is 9.71 Å². The van der Waals surface area contributed by atoms with Crippen LogP contribution in [0, 0.1) is 0 Å². The molecule has 0 amide bonds. The zero-order valence-corrected chi connectivity index (χ0v) is 14.8. The molecule has 0 aliphatic carbocycles. The van der Waals surface area contributed by atoms with Gasteiger partial charge in [0.2, 0.25) is 10.0 Å². The van der Waals surface area contributed by atoms with Gasteiger partial charge in [0.05, 0.1) is 5.75 Å². The third-order valence-electron chi connectivity index (χ3n) is 3.72. The van der Waals surface area contributed by atoms with Gasteiger partial charge in [0.25, 0.3) is 0 Å². The number of nitrogens with one attached hydrogen (secondary N) is 1. The monoisotopic (exact) mass is 356 g/mol. The molecule has 5 nitrogen and oxygen atoms in total. The number of unbranched alkanes of at least 4 members (excludes halogenated alkanes) is 1. The van der Waals surface area contributed by atoms with Crippen LogP contribution in [0.4, 0.5) is 5.69 Å². The van der Waals surface area contributed by atoms with Crippen molar-refractivity contribution < 1.29 is 13.2 Å². The number of hydrogen-bond donors (Lipinski definition) is 1. The Balaban J connectivity index is 1.74. The van der Waals surface area contributed by atoms with Gasteiger partial charge in [-0.15, -0.1) is 0 Å². The molecule has 0 radical (unpaired) electrons. The van der Waals surface area contributed by atoms with E-state index in [1.807, 2.05) is 37.3 Å². The van der Waals surface area contributed by atoms with Crippen molar-refractivity contribution in [2.75, 3.05) is 10.5 Å². The lowest BCUT2D eigenvalue weighted by Gasteiger charge is -2.10. The van der Waals surface area contributed by atoms with E-state index in [1.165, 1.54) is 0 Å². The Labute approximate surface area is 147 Å². The minimum Gasteiger partial charge on any atom is -0.455 e. The first-order valence-corrected chi connectivity index (χ1v) is 9.85. The molecule has 3 rings (SSSR count). The van der Waals surface area contributed by atoms with E-state index in [9.17, 15) is 8.42 Å². The lowest BCUT2D eigenvalue weighted by molar-refractivity contribution is 0.487. The van der Waals surface area contributed by atoms with Crippen LogP contribution in [-0.2, 0) is 10.0 Å². The molecule has 25 heavy (non-hydrogen) atoms. The number of aromatic nitrogens is 1. The first kappa shape index (κ1) is 17.2. The van der Waals surface area contributed by atoms with Gasteiger partial charge in [-0.2, -0.15) is 0 Å². The molecule has 3 aromatic rings. The summed E-state index contributed by atoms with van der Waals surface area (Å²) in [4.78, 5) is 4.36. The lowest BCUT2D eigenvalue weighted by Crippen LogP contribution is -2.16. The molecule has 0 saturated heterocycles. The molecule has 0 aliphatic rings. The van der Waals surface area contributed by atoms with Crippen LogP contribution < -0.4 is 9.46 Å². The molecule has 2 aromatic carbocycles. The van der Waals surface area contributed by atoms with Crippen molar-refractivity contribution in [3.63, 3.8) is 0 Å². The predicted molar refractivity (Wildman–Crippen MR) is 101 cm³/mol. The van der Waals surface area contributed by atoms with Gasteiger partial charge >= 0.3 is 0 Å². The van der Waals surface area contributed by atoms with Crippen LogP contribution >= 0.6 is 0 Å². The van der Waals surface area contributed by atoms with Crippen LogP contribution in [0.15, 0.2) is 60.8 Å². The van der Waals surface area contributed by atoms with Gasteiger partial charge in [-0.3, -0.25) is 9.71 Å². The van der Waals surface area contributed by atoms with E-state index in [4.69, 9.17) is 4.74 Å². The molecule has 0 saturated carbocycles. The molecule has 0 spiro atoms. The van der Waals surface area contributed by atoms with E-state index in [1.54, 1.807) is 30.5 Å². The van der Waals surface area contributed by atoms with Crippen LogP contribution in [0.1, 0.15) is 19.8 Å². The minimum atomic E-state index is -3.30. The number of sulfonamides is 1. The highest BCUT2D eigenvalue weighted by Gasteiger charge is 2.10. The first-order valence-electron chi connectivity index (χ1n) is 8.19. The maximum atomic E-state index is 11.9. The van der Waals surface area contributed by atoms with Crippen molar-refractivity contribution in [3.05, 3.63) is 60.8 Å². The SMILES string of the molecule is CCCCS(=O)(=O)Nc1ccc(Oc2cccc3cccnc23)cc1. The number of anilines is 1. The molecule has 1 aromatic heterocycles. The Bertz CT molecular complexity index is 949. The fourth-order valence-electron chi connectivity index (χ4n) is 2.44. The maximum absolute atomic E-state index is 11.9. The number of fused-ring (bicyclic) bond motifs is 1. The molecule has 1 N–H and O–H groups in total. The molecule has 0 aliphatic heterocycles. The molecular formula is C19H20N2O3S. The molecule has 130 valence electrons. The summed E-state index contributed by atoms with van der Waals surface area (Å²) in [6, 6.07) is 16.5. The van der Waals surface area contributed by atoms with Gasteiger partial charge in [-0.1, -0.05) is 31.5 Å². The molecule has 0 bridgehead atoms. The number of ether oxygens (including phenoxy) is 1. The molecular weight excluding hydrogens is 336 g/mol. The van der Waals surface area contributed by atoms with E-state index in [-0.39, 0.29) is 5.75 Å². The second-order valence-corrected chi connectivity index (χ2v) is 7.57. The van der Waals surface area contributed by atoms with Crippen LogP contribution in [0.2, 0.25) is 0 Å². The van der Waals surface area contributed by atoms with Crippen molar-refractivity contribution in [1.82, 2.24) is 4.98 Å². The topological polar surface area (TPSA) is 68.3 Å². The largest absolute Gasteiger partial charge is 0.455 e. The number of pyridine rings is 1. The summed E-state index contributed by atoms with van der Waals surface area (Å²) in [7, 11) is -3.30. The van der Waals surface area contributed by atoms with Crippen LogP contribution in [0.25, 0.3) is 10.9 Å². The number of hydrogen-bond acceptors (Lipinski definition) is 4. The van der Waals surface area contributed by atoms with Gasteiger partial charge in [-0.05, 0) is 42.8 Å². The predicted octanol–water partition coefficient (Wildman–Crippen LogP) is 4.57. The van der Waals surface area contributed by atoms with Crippen molar-refractivity contribution in [2.24, 2.45) is 0 Å². The Hall–Kier alpha value is -2.60. The van der Waals surface area contributed by atoms with Gasteiger partial charge in [0.1, 0.15) is 11.3 Å². The Morgan fingerprint density at radius 3 is 2.56 bits per heavy atom. The highest BCUT2D eigenvalue weighted by atomic mass is 32.2. The highest BCUT2D eigenvalue weighted by molar-refractivity contribution is 7.92. The quantitative estimate of drug-likeness (QED) is 0.673. The standard InChI is InChI=1S/C19H20N2O3S/c1-2-3-14-25(22,23)21-16-9-11-17(12-10-16)24-18-8-4-6-15-7-5-13-20-19(15)18/h4-13,21H,2-3,14H2,1H3. The lowest BCUT2D eigenvalue weighted by atomic mass is 10.2. The average Bonchev–Trinajstić information content (AvgIpc) is 2.62. The summed E-state index contributed by atoms with van der Waals surface area (Å²) in [5.41, 5.74) is 1.31. The van der Waals surface area contributed by atoms with Crippen molar-refractivity contribution in [1.29, 1.82) is 0 Å². The zero-order valence-electron chi connectivity index (χ0n) is 14.0. The van der Waals surface area contributed by atoms with Crippen molar-refractivity contribution in [2.45, 2.75) is 19.8 Å². The van der Waals surface area contributed by atoms with Crippen LogP contribution in [0.3, 0.4) is 0 Å². The molecule has 6 heteroatoms. The Kier molecular flexibility index (Phi) is 5.19. The van der Waals surface area contributed by atoms with E-state index < -0.39 is 10.0 Å². The van der Waals surface area contributed by atoms with E-state index >= 15 is 0 Å². The van der Waals surface area contributed by atoms with E-state index in [0.29, 0.717) is 23.6 Å². The van der Waals surface area contributed by atoms with Crippen LogP contribution in [0.5, 0.6) is 11.5 Å². The average molecular weight is 356 g/mol. The third-order valence-corrected chi connectivity index (χ3v) is 5.09. The smallest absolute Gasteiger partial charge is 0.232 e. The number of rotatable bonds is 7. The zero-order chi connectivity index (χ0) is 17.7. The second-order valence-electron chi connectivity index (χ2n) is 5.73. The second kappa shape index (κ2) is 7.53. The highest BCUT2D eigenvalue weighted by Crippen LogP contribution is 2.29. The Morgan fingerprint density at radius 1 is 1.04 bits per heavy atom. The summed E-state index contributed by atoms with van der Waals surface area (Å²) in [6.45, 7) is 1.96. The summed E-state index contributed by atoms with van der Waals surface area (Å²) < 4.78 is 32.3. The molecule has 0 atom stereocenters. The molecule has 0 unspecified atom stereocenters. The van der Waals surface area contributed by atoms with Gasteiger partial charge < -0.3 is 4.74 Å². The Morgan fingerprint density at radius 2 is 1.80 bits per heavy atom. The molecule has 1 heterocycles. The summed E-state index contributed by atoms with van der Waals surface area (Å²) in [5, 5.41) is 1.00. The number of para-hydroxylation sites is 1. The van der Waals surface area contributed by atoms with E-state index in [0.717, 1.165) is 17.3 Å². The first-order chi connectivity index (χ1) is 12.1. The summed E-state index contributed by atoms with van der Waals surface area (Å²) in [6.07, 6.45) is 3.21. The number of benzene rings is 2. The minimum absolute atomic E-state index is 0.128. The van der Waals surface area contributed by atoms with Gasteiger partial charge in [0, 0.05) is 17.3 Å². The third kappa shape index (κ3) is 4.48. The molecule has 0 fully saturated rings. The normalized spacial score (nSPS) is 11.4. The summed E-state index contributed by atoms with van der Waals surface area (Å²) in [5.74, 6) is 1.41. The van der Waals surface area contributed by atoms with Gasteiger partial charge in [-0.25, -0.2) is 8.42 Å². The summed E-state index contributed by atoms with van der Waals surface area (Å²) >= 11 is 0. The number of nitrogens with zero attached hydrogens (tertiary/aromatic N) is 1. The maximum Gasteiger partial charge on any atom is 0.232 e. The van der Waals surface area contributed by atoms with Crippen LogP contribution in [-0.4, -0.2) is 19.2 Å².